The fourth-order valence-corrected chi connectivity index (χ4v) is 3.92. The molecule has 9 heteroatoms. The van der Waals surface area contributed by atoms with Gasteiger partial charge in [0.2, 0.25) is 15.3 Å². The summed E-state index contributed by atoms with van der Waals surface area (Å²) >= 11 is 11.5. The minimum atomic E-state index is -3.88. The summed E-state index contributed by atoms with van der Waals surface area (Å²) in [5.74, 6) is -1.13. The molecule has 0 atom stereocenters. The molecule has 0 aliphatic rings. The van der Waals surface area contributed by atoms with Gasteiger partial charge in [0.25, 0.3) is 0 Å². The molecule has 5 nitrogen and oxygen atoms in total. The fourth-order valence-electron chi connectivity index (χ4n) is 2.06. The zero-order chi connectivity index (χ0) is 15.9. The molecule has 0 amide bonds. The Balaban J connectivity index is 2.17. The second-order valence-electron chi connectivity index (χ2n) is 4.50. The summed E-state index contributed by atoms with van der Waals surface area (Å²) in [6, 6.07) is 8.53. The Hall–Kier alpha value is -1.70. The van der Waals surface area contributed by atoms with Crippen LogP contribution < -0.4 is 0 Å². The van der Waals surface area contributed by atoms with Gasteiger partial charge in [0.05, 0.1) is 17.3 Å². The lowest BCUT2D eigenvalue weighted by atomic mass is 10.2. The van der Waals surface area contributed by atoms with Crippen molar-refractivity contribution in [2.45, 2.75) is 5.75 Å². The van der Waals surface area contributed by atoms with E-state index < -0.39 is 15.8 Å². The summed E-state index contributed by atoms with van der Waals surface area (Å²) < 4.78 is 39.7. The van der Waals surface area contributed by atoms with Crippen molar-refractivity contribution in [1.82, 2.24) is 13.9 Å². The lowest BCUT2D eigenvalue weighted by molar-refractivity contribution is 0.585. The number of nitrogens with zero attached hydrogens (tertiary/aromatic N) is 3. The van der Waals surface area contributed by atoms with Crippen molar-refractivity contribution in [3.05, 3.63) is 58.3 Å². The van der Waals surface area contributed by atoms with E-state index in [1.165, 1.54) is 0 Å². The number of benzene rings is 1. The van der Waals surface area contributed by atoms with E-state index in [1.54, 1.807) is 30.3 Å². The summed E-state index contributed by atoms with van der Waals surface area (Å²) in [7, 11) is -3.88. The molecule has 2 aromatic heterocycles. The number of fused-ring (bicyclic) bond motifs is 1. The van der Waals surface area contributed by atoms with Gasteiger partial charge in [-0.2, -0.15) is 4.98 Å². The maximum absolute atomic E-state index is 14.0. The second kappa shape index (κ2) is 5.49. The normalized spacial score (nSPS) is 12.0. The summed E-state index contributed by atoms with van der Waals surface area (Å²) in [5, 5.41) is -0.671. The first-order valence-electron chi connectivity index (χ1n) is 6.05. The Morgan fingerprint density at radius 2 is 1.82 bits per heavy atom. The molecule has 3 rings (SSSR count). The van der Waals surface area contributed by atoms with Crippen LogP contribution in [0.3, 0.4) is 0 Å². The SMILES string of the molecule is O=S(=O)(Cc1ccccc1)n1cc(F)c2c(Cl)nc(Cl)nc21. The molecule has 0 bridgehead atoms. The van der Waals surface area contributed by atoms with E-state index in [1.807, 2.05) is 0 Å². The number of halogens is 3. The molecule has 0 aliphatic carbocycles. The lowest BCUT2D eigenvalue weighted by Crippen LogP contribution is -2.14. The topological polar surface area (TPSA) is 64.8 Å². The first kappa shape index (κ1) is 15.2. The summed E-state index contributed by atoms with van der Waals surface area (Å²) in [6.45, 7) is 0. The van der Waals surface area contributed by atoms with Gasteiger partial charge in [-0.1, -0.05) is 41.9 Å². The van der Waals surface area contributed by atoms with Gasteiger partial charge in [-0.15, -0.1) is 0 Å². The maximum Gasteiger partial charge on any atom is 0.244 e. The van der Waals surface area contributed by atoms with Crippen LogP contribution in [0.1, 0.15) is 5.56 Å². The predicted molar refractivity (Wildman–Crippen MR) is 82.0 cm³/mol. The Bertz CT molecular complexity index is 958. The minimum absolute atomic E-state index is 0.178. The third kappa shape index (κ3) is 2.67. The van der Waals surface area contributed by atoms with Crippen LogP contribution in [0, 0.1) is 5.82 Å². The Kier molecular flexibility index (Phi) is 3.80. The van der Waals surface area contributed by atoms with Crippen molar-refractivity contribution in [3.63, 3.8) is 0 Å². The molecule has 0 unspecified atom stereocenters. The highest BCUT2D eigenvalue weighted by Crippen LogP contribution is 2.28. The first-order chi connectivity index (χ1) is 10.4. The molecule has 0 radical (unpaired) electrons. The van der Waals surface area contributed by atoms with E-state index in [0.717, 1.165) is 10.2 Å². The second-order valence-corrected chi connectivity index (χ2v) is 7.04. The van der Waals surface area contributed by atoms with Gasteiger partial charge in [0.15, 0.2) is 11.5 Å². The van der Waals surface area contributed by atoms with Crippen molar-refractivity contribution in [2.75, 3.05) is 0 Å². The monoisotopic (exact) mass is 359 g/mol. The molecule has 22 heavy (non-hydrogen) atoms. The Morgan fingerprint density at radius 3 is 2.50 bits per heavy atom. The van der Waals surface area contributed by atoms with E-state index in [9.17, 15) is 12.8 Å². The molecule has 0 spiro atoms. The summed E-state index contributed by atoms with van der Waals surface area (Å²) in [5.41, 5.74) is 0.384. The van der Waals surface area contributed by atoms with E-state index in [0.29, 0.717) is 5.56 Å². The van der Waals surface area contributed by atoms with Crippen molar-refractivity contribution in [2.24, 2.45) is 0 Å². The fraction of sp³-hybridized carbons (Fsp3) is 0.0769. The lowest BCUT2D eigenvalue weighted by Gasteiger charge is -2.07. The molecule has 2 heterocycles. The maximum atomic E-state index is 14.0. The Morgan fingerprint density at radius 1 is 1.14 bits per heavy atom. The third-order valence-electron chi connectivity index (χ3n) is 2.99. The molecule has 0 aliphatic heterocycles. The quantitative estimate of drug-likeness (QED) is 0.531. The average Bonchev–Trinajstić information content (AvgIpc) is 2.77. The van der Waals surface area contributed by atoms with Gasteiger partial charge in [0.1, 0.15) is 5.15 Å². The summed E-state index contributed by atoms with van der Waals surface area (Å²) in [6.07, 6.45) is 0.819. The number of rotatable bonds is 3. The van der Waals surface area contributed by atoms with Crippen LogP contribution in [-0.2, 0) is 15.8 Å². The molecule has 3 aromatic rings. The number of aromatic nitrogens is 3. The van der Waals surface area contributed by atoms with E-state index >= 15 is 0 Å². The first-order valence-corrected chi connectivity index (χ1v) is 8.42. The van der Waals surface area contributed by atoms with Gasteiger partial charge in [-0.25, -0.2) is 21.8 Å². The predicted octanol–water partition coefficient (Wildman–Crippen LogP) is 3.26. The van der Waals surface area contributed by atoms with Gasteiger partial charge >= 0.3 is 0 Å². The highest BCUT2D eigenvalue weighted by Gasteiger charge is 2.23. The standard InChI is InChI=1S/C13H8Cl2FN3O2S/c14-11-10-9(16)6-19(12(10)18-13(15)17-11)22(20,21)7-8-4-2-1-3-5-8/h1-6H,7H2. The van der Waals surface area contributed by atoms with E-state index in [2.05, 4.69) is 9.97 Å². The van der Waals surface area contributed by atoms with Crippen molar-refractivity contribution < 1.29 is 12.8 Å². The molecule has 0 fully saturated rings. The highest BCUT2D eigenvalue weighted by molar-refractivity contribution is 7.89. The molecule has 114 valence electrons. The van der Waals surface area contributed by atoms with E-state index in [4.69, 9.17) is 23.2 Å². The van der Waals surface area contributed by atoms with Crippen LogP contribution in [-0.4, -0.2) is 22.4 Å². The minimum Gasteiger partial charge on any atom is -0.224 e. The van der Waals surface area contributed by atoms with Crippen molar-refractivity contribution in [3.8, 4) is 0 Å². The smallest absolute Gasteiger partial charge is 0.224 e. The van der Waals surface area contributed by atoms with Gasteiger partial charge in [-0.3, -0.25) is 0 Å². The highest BCUT2D eigenvalue weighted by atomic mass is 35.5. The molecule has 0 saturated carbocycles. The van der Waals surface area contributed by atoms with Crippen LogP contribution in [0.4, 0.5) is 4.39 Å². The van der Waals surface area contributed by atoms with Gasteiger partial charge < -0.3 is 0 Å². The van der Waals surface area contributed by atoms with Crippen LogP contribution in [0.15, 0.2) is 36.5 Å². The number of hydrogen-bond donors (Lipinski definition) is 0. The molecule has 0 N–H and O–H groups in total. The zero-order valence-corrected chi connectivity index (χ0v) is 13.2. The number of hydrogen-bond acceptors (Lipinski definition) is 4. The molecular formula is C13H8Cl2FN3O2S. The van der Waals surface area contributed by atoms with Crippen LogP contribution in [0.2, 0.25) is 10.4 Å². The van der Waals surface area contributed by atoms with Crippen LogP contribution in [0.5, 0.6) is 0 Å². The van der Waals surface area contributed by atoms with Crippen LogP contribution >= 0.6 is 23.2 Å². The Labute approximate surface area is 135 Å². The van der Waals surface area contributed by atoms with E-state index in [-0.39, 0.29) is 27.2 Å². The van der Waals surface area contributed by atoms with Gasteiger partial charge in [-0.05, 0) is 17.2 Å². The zero-order valence-electron chi connectivity index (χ0n) is 10.9. The largest absolute Gasteiger partial charge is 0.244 e. The average molecular weight is 360 g/mol. The van der Waals surface area contributed by atoms with Crippen molar-refractivity contribution in [1.29, 1.82) is 0 Å². The van der Waals surface area contributed by atoms with Crippen molar-refractivity contribution >= 4 is 44.3 Å². The molecular weight excluding hydrogens is 352 g/mol. The third-order valence-corrected chi connectivity index (χ3v) is 5.01. The molecule has 0 saturated heterocycles. The van der Waals surface area contributed by atoms with Crippen LogP contribution in [0.25, 0.3) is 11.0 Å². The molecule has 1 aromatic carbocycles. The summed E-state index contributed by atoms with van der Waals surface area (Å²) in [4.78, 5) is 7.39. The van der Waals surface area contributed by atoms with Gasteiger partial charge in [0, 0.05) is 0 Å².